The van der Waals surface area contributed by atoms with E-state index >= 15 is 0 Å². The van der Waals surface area contributed by atoms with Crippen molar-refractivity contribution in [2.24, 2.45) is 0 Å². The molecule has 8 nitrogen and oxygen atoms in total. The number of hydrogen-bond acceptors (Lipinski definition) is 6. The van der Waals surface area contributed by atoms with Crippen LogP contribution in [-0.2, 0) is 16.4 Å². The summed E-state index contributed by atoms with van der Waals surface area (Å²) in [4.78, 5) is 12.1. The van der Waals surface area contributed by atoms with Crippen molar-refractivity contribution in [3.63, 3.8) is 0 Å². The molecule has 3 rings (SSSR count). The second-order valence-electron chi connectivity index (χ2n) is 6.00. The van der Waals surface area contributed by atoms with Crippen molar-refractivity contribution in [2.45, 2.75) is 19.0 Å². The van der Waals surface area contributed by atoms with Gasteiger partial charge in [0.1, 0.15) is 5.76 Å². The predicted molar refractivity (Wildman–Crippen MR) is 101 cm³/mol. The molecule has 1 N–H and O–H groups in total. The first kappa shape index (κ1) is 18.3. The number of nitrogens with zero attached hydrogens (tertiary/aromatic N) is 2. The highest BCUT2D eigenvalue weighted by atomic mass is 32.2. The Balaban J connectivity index is 1.76. The van der Waals surface area contributed by atoms with Crippen molar-refractivity contribution in [3.05, 3.63) is 58.5 Å². The van der Waals surface area contributed by atoms with Crippen LogP contribution < -0.4 is 5.32 Å². The number of rotatable bonds is 5. The molecule has 1 atom stereocenters. The van der Waals surface area contributed by atoms with E-state index in [0.29, 0.717) is 29.5 Å². The third-order valence-electron chi connectivity index (χ3n) is 4.15. The van der Waals surface area contributed by atoms with E-state index in [-0.39, 0.29) is 23.2 Å². The van der Waals surface area contributed by atoms with E-state index in [1.807, 2.05) is 0 Å². The van der Waals surface area contributed by atoms with E-state index in [9.17, 15) is 18.5 Å². The van der Waals surface area contributed by atoms with Crippen LogP contribution in [0.2, 0.25) is 0 Å². The molecular formula is C16H17N3O5S2. The van der Waals surface area contributed by atoms with Gasteiger partial charge >= 0.3 is 0 Å². The van der Waals surface area contributed by atoms with Crippen LogP contribution in [-0.4, -0.2) is 40.9 Å². The first-order chi connectivity index (χ1) is 12.3. The predicted octanol–water partition coefficient (Wildman–Crippen LogP) is 2.57. The Morgan fingerprint density at radius 2 is 2.08 bits per heavy atom. The maximum Gasteiger partial charge on any atom is 0.269 e. The highest BCUT2D eigenvalue weighted by molar-refractivity contribution is 7.91. The number of benzene rings is 1. The maximum atomic E-state index is 11.9. The summed E-state index contributed by atoms with van der Waals surface area (Å²) in [6.45, 7) is 0.339. The smallest absolute Gasteiger partial charge is 0.269 e. The van der Waals surface area contributed by atoms with Crippen LogP contribution in [0.5, 0.6) is 0 Å². The second-order valence-corrected chi connectivity index (χ2v) is 8.61. The standard InChI is InChI=1S/C16H17N3O5S2/c20-19(21)13-5-3-12(4-6-13)17-16(25)18(10-15-2-1-8-24-15)14-7-9-26(22,23)11-14/h1-6,8,14H,7,9-11H2,(H,17,25)/t14-/m1/s1. The van der Waals surface area contributed by atoms with Gasteiger partial charge in [0, 0.05) is 23.9 Å². The normalized spacial score (nSPS) is 18.4. The summed E-state index contributed by atoms with van der Waals surface area (Å²) >= 11 is 5.47. The summed E-state index contributed by atoms with van der Waals surface area (Å²) in [6.07, 6.45) is 2.04. The van der Waals surface area contributed by atoms with Crippen LogP contribution >= 0.6 is 12.2 Å². The number of furan rings is 1. The van der Waals surface area contributed by atoms with E-state index in [1.165, 1.54) is 12.1 Å². The van der Waals surface area contributed by atoms with Crippen LogP contribution in [0.3, 0.4) is 0 Å². The van der Waals surface area contributed by atoms with Gasteiger partial charge in [0.2, 0.25) is 0 Å². The lowest BCUT2D eigenvalue weighted by Crippen LogP contribution is -2.42. The number of sulfone groups is 1. The molecule has 0 saturated carbocycles. The summed E-state index contributed by atoms with van der Waals surface area (Å²) < 4.78 is 29.1. The molecule has 1 aromatic heterocycles. The molecule has 0 spiro atoms. The number of anilines is 1. The molecule has 1 aromatic carbocycles. The summed E-state index contributed by atoms with van der Waals surface area (Å²) in [5.74, 6) is 0.838. The van der Waals surface area contributed by atoms with Crippen LogP contribution in [0.1, 0.15) is 12.2 Å². The number of thiocarbonyl (C=S) groups is 1. The molecule has 0 unspecified atom stereocenters. The van der Waals surface area contributed by atoms with E-state index in [1.54, 1.807) is 35.4 Å². The largest absolute Gasteiger partial charge is 0.467 e. The van der Waals surface area contributed by atoms with Gasteiger partial charge in [-0.1, -0.05) is 0 Å². The topological polar surface area (TPSA) is 106 Å². The van der Waals surface area contributed by atoms with Gasteiger partial charge in [0.05, 0.1) is 29.2 Å². The number of nitro groups is 1. The van der Waals surface area contributed by atoms with Gasteiger partial charge in [-0.15, -0.1) is 0 Å². The lowest BCUT2D eigenvalue weighted by Gasteiger charge is -2.30. The molecule has 2 heterocycles. The third-order valence-corrected chi connectivity index (χ3v) is 6.23. The molecule has 0 amide bonds. The van der Waals surface area contributed by atoms with Crippen molar-refractivity contribution >= 4 is 38.5 Å². The average Bonchev–Trinajstić information content (AvgIpc) is 3.22. The van der Waals surface area contributed by atoms with Gasteiger partial charge in [-0.05, 0) is 42.9 Å². The number of nitro benzene ring substituents is 1. The zero-order valence-corrected chi connectivity index (χ0v) is 15.3. The third kappa shape index (κ3) is 4.38. The zero-order chi connectivity index (χ0) is 18.7. The van der Waals surface area contributed by atoms with Crippen molar-refractivity contribution in [1.82, 2.24) is 4.90 Å². The SMILES string of the molecule is O=[N+]([O-])c1ccc(NC(=S)N(Cc2ccco2)[C@@H]2CCS(=O)(=O)C2)cc1. The molecule has 0 bridgehead atoms. The Labute approximate surface area is 155 Å². The zero-order valence-electron chi connectivity index (χ0n) is 13.7. The van der Waals surface area contributed by atoms with Gasteiger partial charge in [0.25, 0.3) is 5.69 Å². The molecule has 10 heteroatoms. The first-order valence-corrected chi connectivity index (χ1v) is 10.1. The Kier molecular flexibility index (Phi) is 5.23. The lowest BCUT2D eigenvalue weighted by molar-refractivity contribution is -0.384. The van der Waals surface area contributed by atoms with Crippen molar-refractivity contribution in [1.29, 1.82) is 0 Å². The minimum atomic E-state index is -3.08. The Morgan fingerprint density at radius 3 is 2.62 bits per heavy atom. The van der Waals surface area contributed by atoms with Crippen molar-refractivity contribution in [2.75, 3.05) is 16.8 Å². The fraction of sp³-hybridized carbons (Fsp3) is 0.312. The van der Waals surface area contributed by atoms with E-state index < -0.39 is 14.8 Å². The van der Waals surface area contributed by atoms with Crippen molar-refractivity contribution < 1.29 is 17.8 Å². The molecule has 26 heavy (non-hydrogen) atoms. The quantitative estimate of drug-likeness (QED) is 0.468. The minimum absolute atomic E-state index is 0.0178. The summed E-state index contributed by atoms with van der Waals surface area (Å²) in [6, 6.07) is 9.17. The molecule has 2 aromatic rings. The molecule has 138 valence electrons. The Bertz CT molecular complexity index is 894. The highest BCUT2D eigenvalue weighted by Gasteiger charge is 2.34. The number of hydrogen-bond donors (Lipinski definition) is 1. The fourth-order valence-corrected chi connectivity index (χ4v) is 4.88. The molecule has 1 saturated heterocycles. The highest BCUT2D eigenvalue weighted by Crippen LogP contribution is 2.22. The molecule has 0 aliphatic carbocycles. The van der Waals surface area contributed by atoms with E-state index in [0.717, 1.165) is 0 Å². The maximum absolute atomic E-state index is 11.9. The van der Waals surface area contributed by atoms with E-state index in [4.69, 9.17) is 16.6 Å². The van der Waals surface area contributed by atoms with Crippen LogP contribution in [0.15, 0.2) is 47.1 Å². The number of non-ortho nitro benzene ring substituents is 1. The van der Waals surface area contributed by atoms with Crippen LogP contribution in [0.25, 0.3) is 0 Å². The van der Waals surface area contributed by atoms with Gasteiger partial charge in [0.15, 0.2) is 14.9 Å². The Hall–Kier alpha value is -2.46. The minimum Gasteiger partial charge on any atom is -0.467 e. The van der Waals surface area contributed by atoms with Crippen molar-refractivity contribution in [3.8, 4) is 0 Å². The molecule has 1 fully saturated rings. The summed E-state index contributed by atoms with van der Waals surface area (Å²) in [7, 11) is -3.08. The molecule has 1 aliphatic heterocycles. The van der Waals surface area contributed by atoms with E-state index in [2.05, 4.69) is 5.32 Å². The lowest BCUT2D eigenvalue weighted by atomic mass is 10.2. The fourth-order valence-electron chi connectivity index (χ4n) is 2.82. The van der Waals surface area contributed by atoms with Gasteiger partial charge in [-0.3, -0.25) is 10.1 Å². The van der Waals surface area contributed by atoms with Crippen LogP contribution in [0, 0.1) is 10.1 Å². The second kappa shape index (κ2) is 7.42. The van der Waals surface area contributed by atoms with Gasteiger partial charge < -0.3 is 14.6 Å². The average molecular weight is 395 g/mol. The first-order valence-electron chi connectivity index (χ1n) is 7.89. The summed E-state index contributed by atoms with van der Waals surface area (Å²) in [5.41, 5.74) is 0.571. The molecular weight excluding hydrogens is 378 g/mol. The molecule has 1 aliphatic rings. The van der Waals surface area contributed by atoms with Gasteiger partial charge in [-0.25, -0.2) is 8.42 Å². The van der Waals surface area contributed by atoms with Crippen LogP contribution in [0.4, 0.5) is 11.4 Å². The van der Waals surface area contributed by atoms with Gasteiger partial charge in [-0.2, -0.15) is 0 Å². The monoisotopic (exact) mass is 395 g/mol. The molecule has 0 radical (unpaired) electrons. The summed E-state index contributed by atoms with van der Waals surface area (Å²) in [5, 5.41) is 14.1. The number of nitrogens with one attached hydrogen (secondary N) is 1. The Morgan fingerprint density at radius 1 is 1.35 bits per heavy atom.